The molecule has 0 amide bonds. The molecule has 0 spiro atoms. The van der Waals surface area contributed by atoms with E-state index in [4.69, 9.17) is 4.74 Å². The van der Waals surface area contributed by atoms with Gasteiger partial charge in [-0.25, -0.2) is 9.97 Å². The number of aromatic nitrogens is 2. The van der Waals surface area contributed by atoms with Crippen LogP contribution < -0.4 is 15.4 Å². The Balaban J connectivity index is 2.15. The summed E-state index contributed by atoms with van der Waals surface area (Å²) < 4.78 is 5.59. The average Bonchev–Trinajstić information content (AvgIpc) is 2.57. The Bertz CT molecular complexity index is 676. The van der Waals surface area contributed by atoms with Crippen LogP contribution in [0.1, 0.15) is 26.7 Å². The zero-order valence-corrected chi connectivity index (χ0v) is 13.8. The van der Waals surface area contributed by atoms with E-state index in [0.29, 0.717) is 18.8 Å². The van der Waals surface area contributed by atoms with Crippen molar-refractivity contribution < 1.29 is 9.66 Å². The van der Waals surface area contributed by atoms with Crippen LogP contribution in [0.25, 0.3) is 0 Å². The van der Waals surface area contributed by atoms with Crippen molar-refractivity contribution in [3.63, 3.8) is 0 Å². The van der Waals surface area contributed by atoms with Gasteiger partial charge in [0.05, 0.1) is 11.5 Å². The van der Waals surface area contributed by atoms with E-state index in [9.17, 15) is 10.1 Å². The highest BCUT2D eigenvalue weighted by molar-refractivity contribution is 5.73. The SMILES string of the molecule is CCCCOc1ccc(Nc2ncnc(NCC)c2[N+](=O)[O-])cc1. The van der Waals surface area contributed by atoms with Gasteiger partial charge in [0.15, 0.2) is 0 Å². The highest BCUT2D eigenvalue weighted by atomic mass is 16.6. The summed E-state index contributed by atoms with van der Waals surface area (Å²) in [5, 5.41) is 17.2. The molecule has 0 atom stereocenters. The summed E-state index contributed by atoms with van der Waals surface area (Å²) in [7, 11) is 0. The second kappa shape index (κ2) is 8.66. The average molecular weight is 331 g/mol. The van der Waals surface area contributed by atoms with Gasteiger partial charge in [-0.1, -0.05) is 13.3 Å². The van der Waals surface area contributed by atoms with Gasteiger partial charge in [-0.05, 0) is 37.6 Å². The van der Waals surface area contributed by atoms with Gasteiger partial charge in [0, 0.05) is 12.2 Å². The second-order valence-corrected chi connectivity index (χ2v) is 5.06. The molecule has 2 N–H and O–H groups in total. The summed E-state index contributed by atoms with van der Waals surface area (Å²) in [5.41, 5.74) is 0.504. The van der Waals surface area contributed by atoms with E-state index < -0.39 is 4.92 Å². The standard InChI is InChI=1S/C16H21N5O3/c1-3-5-10-24-13-8-6-12(7-9-13)20-16-14(21(22)23)15(17-4-2)18-11-19-16/h6-9,11H,3-5,10H2,1-2H3,(H2,17,18,19,20). The Morgan fingerprint density at radius 2 is 1.88 bits per heavy atom. The number of hydrogen-bond donors (Lipinski definition) is 2. The van der Waals surface area contributed by atoms with Crippen LogP contribution in [0.3, 0.4) is 0 Å². The van der Waals surface area contributed by atoms with Crippen molar-refractivity contribution in [2.75, 3.05) is 23.8 Å². The third-order valence-corrected chi connectivity index (χ3v) is 3.23. The topological polar surface area (TPSA) is 102 Å². The van der Waals surface area contributed by atoms with Crippen molar-refractivity contribution in [2.45, 2.75) is 26.7 Å². The number of nitro groups is 1. The zero-order valence-electron chi connectivity index (χ0n) is 13.8. The molecule has 0 saturated carbocycles. The van der Waals surface area contributed by atoms with E-state index in [1.54, 1.807) is 12.1 Å². The molecule has 2 aromatic rings. The number of rotatable bonds is 9. The van der Waals surface area contributed by atoms with Crippen LogP contribution in [0.5, 0.6) is 5.75 Å². The first kappa shape index (κ1) is 17.5. The van der Waals surface area contributed by atoms with Gasteiger partial charge in [-0.2, -0.15) is 0 Å². The van der Waals surface area contributed by atoms with Gasteiger partial charge in [0.25, 0.3) is 0 Å². The van der Waals surface area contributed by atoms with E-state index in [1.165, 1.54) is 6.33 Å². The van der Waals surface area contributed by atoms with E-state index in [2.05, 4.69) is 27.5 Å². The summed E-state index contributed by atoms with van der Waals surface area (Å²) in [6, 6.07) is 7.21. The lowest BCUT2D eigenvalue weighted by Gasteiger charge is -2.10. The lowest BCUT2D eigenvalue weighted by molar-refractivity contribution is -0.383. The molecule has 8 heteroatoms. The fraction of sp³-hybridized carbons (Fsp3) is 0.375. The van der Waals surface area contributed by atoms with E-state index >= 15 is 0 Å². The van der Waals surface area contributed by atoms with Crippen molar-refractivity contribution in [3.05, 3.63) is 40.7 Å². The Kier molecular flexibility index (Phi) is 6.30. The molecule has 0 fully saturated rings. The van der Waals surface area contributed by atoms with Crippen molar-refractivity contribution in [2.24, 2.45) is 0 Å². The van der Waals surface area contributed by atoms with Crippen LogP contribution in [-0.4, -0.2) is 28.0 Å². The molecular formula is C16H21N5O3. The molecular weight excluding hydrogens is 310 g/mol. The minimum Gasteiger partial charge on any atom is -0.494 e. The fourth-order valence-electron chi connectivity index (χ4n) is 2.05. The molecule has 128 valence electrons. The van der Waals surface area contributed by atoms with Crippen LogP contribution in [0.4, 0.5) is 23.0 Å². The predicted octanol–water partition coefficient (Wildman–Crippen LogP) is 3.74. The Morgan fingerprint density at radius 3 is 2.50 bits per heavy atom. The maximum absolute atomic E-state index is 11.3. The molecule has 0 unspecified atom stereocenters. The van der Waals surface area contributed by atoms with E-state index in [0.717, 1.165) is 18.6 Å². The number of benzene rings is 1. The van der Waals surface area contributed by atoms with Crippen LogP contribution >= 0.6 is 0 Å². The van der Waals surface area contributed by atoms with Gasteiger partial charge >= 0.3 is 5.69 Å². The lowest BCUT2D eigenvalue weighted by atomic mass is 10.3. The minimum atomic E-state index is -0.497. The summed E-state index contributed by atoms with van der Waals surface area (Å²) in [5.74, 6) is 1.10. The lowest BCUT2D eigenvalue weighted by Crippen LogP contribution is -2.07. The monoisotopic (exact) mass is 331 g/mol. The molecule has 24 heavy (non-hydrogen) atoms. The molecule has 0 aliphatic heterocycles. The number of nitrogens with one attached hydrogen (secondary N) is 2. The molecule has 1 aromatic heterocycles. The van der Waals surface area contributed by atoms with E-state index in [-0.39, 0.29) is 17.3 Å². The number of unbranched alkanes of at least 4 members (excludes halogenated alkanes) is 1. The molecule has 1 heterocycles. The van der Waals surface area contributed by atoms with Crippen LogP contribution in [-0.2, 0) is 0 Å². The van der Waals surface area contributed by atoms with Crippen LogP contribution in [0, 0.1) is 10.1 Å². The number of ether oxygens (including phenoxy) is 1. The second-order valence-electron chi connectivity index (χ2n) is 5.06. The molecule has 0 aliphatic carbocycles. The molecule has 2 rings (SSSR count). The highest BCUT2D eigenvalue weighted by Crippen LogP contribution is 2.31. The largest absolute Gasteiger partial charge is 0.494 e. The molecule has 0 bridgehead atoms. The van der Waals surface area contributed by atoms with Gasteiger partial charge in [0.1, 0.15) is 12.1 Å². The van der Waals surface area contributed by atoms with Gasteiger partial charge in [0.2, 0.25) is 11.6 Å². The zero-order chi connectivity index (χ0) is 17.4. The number of anilines is 3. The highest BCUT2D eigenvalue weighted by Gasteiger charge is 2.22. The quantitative estimate of drug-likeness (QED) is 0.410. The minimum absolute atomic E-state index is 0.144. The molecule has 0 saturated heterocycles. The summed E-state index contributed by atoms with van der Waals surface area (Å²) in [4.78, 5) is 18.7. The summed E-state index contributed by atoms with van der Waals surface area (Å²) in [6.45, 7) is 5.15. The third kappa shape index (κ3) is 4.55. The van der Waals surface area contributed by atoms with Crippen LogP contribution in [0.15, 0.2) is 30.6 Å². The normalized spacial score (nSPS) is 10.2. The van der Waals surface area contributed by atoms with E-state index in [1.807, 2.05) is 19.1 Å². The Hall–Kier alpha value is -2.90. The number of hydrogen-bond acceptors (Lipinski definition) is 7. The maximum atomic E-state index is 11.3. The molecule has 0 aliphatic rings. The van der Waals surface area contributed by atoms with Crippen molar-refractivity contribution in [3.8, 4) is 5.75 Å². The van der Waals surface area contributed by atoms with Gasteiger partial charge in [-0.15, -0.1) is 0 Å². The number of nitrogens with zero attached hydrogens (tertiary/aromatic N) is 3. The predicted molar refractivity (Wildman–Crippen MR) is 93.0 cm³/mol. The smallest absolute Gasteiger partial charge is 0.353 e. The summed E-state index contributed by atoms with van der Waals surface area (Å²) in [6.07, 6.45) is 3.36. The Labute approximate surface area is 140 Å². The van der Waals surface area contributed by atoms with Gasteiger partial charge < -0.3 is 15.4 Å². The third-order valence-electron chi connectivity index (χ3n) is 3.23. The molecule has 0 radical (unpaired) electrons. The van der Waals surface area contributed by atoms with Gasteiger partial charge in [-0.3, -0.25) is 10.1 Å². The summed E-state index contributed by atoms with van der Waals surface area (Å²) >= 11 is 0. The maximum Gasteiger partial charge on any atom is 0.353 e. The first-order valence-electron chi connectivity index (χ1n) is 7.88. The Morgan fingerprint density at radius 1 is 1.17 bits per heavy atom. The molecule has 8 nitrogen and oxygen atoms in total. The molecule has 1 aromatic carbocycles. The van der Waals surface area contributed by atoms with Crippen molar-refractivity contribution in [1.82, 2.24) is 9.97 Å². The van der Waals surface area contributed by atoms with Crippen molar-refractivity contribution >= 4 is 23.0 Å². The van der Waals surface area contributed by atoms with Crippen LogP contribution in [0.2, 0.25) is 0 Å². The van der Waals surface area contributed by atoms with Crippen molar-refractivity contribution in [1.29, 1.82) is 0 Å². The first-order chi connectivity index (χ1) is 11.7. The first-order valence-corrected chi connectivity index (χ1v) is 7.88. The fourth-order valence-corrected chi connectivity index (χ4v) is 2.05.